The molecule has 0 bridgehead atoms. The Labute approximate surface area is 85.7 Å². The SMILES string of the molecule is CN(C)C=CC(=O)c1ncc(Cl)s1. The number of rotatable bonds is 3. The van der Waals surface area contributed by atoms with E-state index >= 15 is 0 Å². The van der Waals surface area contributed by atoms with E-state index in [-0.39, 0.29) is 5.78 Å². The largest absolute Gasteiger partial charge is 0.383 e. The van der Waals surface area contributed by atoms with Gasteiger partial charge in [-0.3, -0.25) is 4.79 Å². The van der Waals surface area contributed by atoms with Gasteiger partial charge in [0.05, 0.1) is 6.20 Å². The summed E-state index contributed by atoms with van der Waals surface area (Å²) in [6.07, 6.45) is 4.62. The summed E-state index contributed by atoms with van der Waals surface area (Å²) < 4.78 is 0.529. The van der Waals surface area contributed by atoms with Crippen molar-refractivity contribution in [3.05, 3.63) is 27.8 Å². The molecule has 13 heavy (non-hydrogen) atoms. The zero-order valence-corrected chi connectivity index (χ0v) is 8.89. The van der Waals surface area contributed by atoms with E-state index < -0.39 is 0 Å². The van der Waals surface area contributed by atoms with Crippen LogP contribution in [0.2, 0.25) is 4.34 Å². The maximum absolute atomic E-state index is 11.3. The Morgan fingerprint density at radius 2 is 2.38 bits per heavy atom. The maximum Gasteiger partial charge on any atom is 0.215 e. The van der Waals surface area contributed by atoms with Gasteiger partial charge >= 0.3 is 0 Å². The summed E-state index contributed by atoms with van der Waals surface area (Å²) in [5.41, 5.74) is 0. The predicted molar refractivity (Wildman–Crippen MR) is 54.3 cm³/mol. The molecule has 5 heteroatoms. The van der Waals surface area contributed by atoms with Gasteiger partial charge in [0.25, 0.3) is 0 Å². The van der Waals surface area contributed by atoms with Crippen molar-refractivity contribution in [3.63, 3.8) is 0 Å². The second-order valence-electron chi connectivity index (χ2n) is 2.61. The predicted octanol–water partition coefficient (Wildman–Crippen LogP) is 2.05. The molecule has 0 aromatic carbocycles. The van der Waals surface area contributed by atoms with Gasteiger partial charge in [-0.1, -0.05) is 22.9 Å². The molecule has 0 fully saturated rings. The summed E-state index contributed by atoms with van der Waals surface area (Å²) in [4.78, 5) is 17.0. The smallest absolute Gasteiger partial charge is 0.215 e. The molecule has 0 aliphatic rings. The minimum Gasteiger partial charge on any atom is -0.383 e. The van der Waals surface area contributed by atoms with Gasteiger partial charge in [0.2, 0.25) is 5.78 Å². The van der Waals surface area contributed by atoms with Gasteiger partial charge < -0.3 is 4.90 Å². The molecular weight excluding hydrogens is 208 g/mol. The van der Waals surface area contributed by atoms with Crippen molar-refractivity contribution >= 4 is 28.7 Å². The number of hydrogen-bond donors (Lipinski definition) is 0. The molecule has 0 saturated carbocycles. The molecule has 0 spiro atoms. The molecule has 0 radical (unpaired) electrons. The van der Waals surface area contributed by atoms with Crippen molar-refractivity contribution in [1.82, 2.24) is 9.88 Å². The van der Waals surface area contributed by atoms with E-state index in [2.05, 4.69) is 4.98 Å². The minimum absolute atomic E-state index is 0.120. The molecule has 0 aliphatic carbocycles. The van der Waals surface area contributed by atoms with Gasteiger partial charge in [0.15, 0.2) is 5.01 Å². The molecule has 1 aromatic rings. The number of carbonyl (C=O) groups excluding carboxylic acids is 1. The summed E-state index contributed by atoms with van der Waals surface area (Å²) in [6, 6.07) is 0. The van der Waals surface area contributed by atoms with E-state index in [9.17, 15) is 4.79 Å². The topological polar surface area (TPSA) is 33.2 Å². The average molecular weight is 217 g/mol. The zero-order chi connectivity index (χ0) is 9.84. The second kappa shape index (κ2) is 4.39. The number of nitrogens with zero attached hydrogens (tertiary/aromatic N) is 2. The third kappa shape index (κ3) is 3.16. The van der Waals surface area contributed by atoms with Crippen LogP contribution < -0.4 is 0 Å². The summed E-state index contributed by atoms with van der Waals surface area (Å²) in [6.45, 7) is 0. The van der Waals surface area contributed by atoms with Crippen LogP contribution >= 0.6 is 22.9 Å². The summed E-state index contributed by atoms with van der Waals surface area (Å²) in [5, 5.41) is 0.420. The monoisotopic (exact) mass is 216 g/mol. The van der Waals surface area contributed by atoms with E-state index in [0.717, 1.165) is 0 Å². The lowest BCUT2D eigenvalue weighted by Crippen LogP contribution is -2.02. The standard InChI is InChI=1S/C8H9ClN2OS/c1-11(2)4-3-6(12)8-10-5-7(9)13-8/h3-5H,1-2H3. The van der Waals surface area contributed by atoms with E-state index in [1.807, 2.05) is 14.1 Å². The highest BCUT2D eigenvalue weighted by molar-refractivity contribution is 7.17. The average Bonchev–Trinajstić information content (AvgIpc) is 2.47. The van der Waals surface area contributed by atoms with Crippen LogP contribution in [-0.4, -0.2) is 29.8 Å². The molecule has 0 atom stereocenters. The number of thiazole rings is 1. The Kier molecular flexibility index (Phi) is 3.45. The molecular formula is C8H9ClN2OS. The van der Waals surface area contributed by atoms with Crippen LogP contribution in [0, 0.1) is 0 Å². The first-order valence-corrected chi connectivity index (χ1v) is 4.79. The maximum atomic E-state index is 11.3. The van der Waals surface area contributed by atoms with Gasteiger partial charge in [0, 0.05) is 26.4 Å². The molecule has 1 heterocycles. The Hall–Kier alpha value is -0.870. The number of halogens is 1. The van der Waals surface area contributed by atoms with Crippen LogP contribution in [0.25, 0.3) is 0 Å². The Morgan fingerprint density at radius 1 is 1.69 bits per heavy atom. The van der Waals surface area contributed by atoms with Crippen LogP contribution in [-0.2, 0) is 0 Å². The molecule has 0 unspecified atom stereocenters. The van der Waals surface area contributed by atoms with Gasteiger partial charge in [-0.25, -0.2) is 4.98 Å². The van der Waals surface area contributed by atoms with Crippen molar-refractivity contribution in [2.24, 2.45) is 0 Å². The quantitative estimate of drug-likeness (QED) is 0.573. The van der Waals surface area contributed by atoms with Crippen molar-refractivity contribution in [2.45, 2.75) is 0 Å². The number of carbonyl (C=O) groups is 1. The first-order chi connectivity index (χ1) is 6.09. The van der Waals surface area contributed by atoms with E-state index in [1.165, 1.54) is 23.6 Å². The fourth-order valence-corrected chi connectivity index (χ4v) is 1.49. The molecule has 0 aliphatic heterocycles. The van der Waals surface area contributed by atoms with E-state index in [4.69, 9.17) is 11.6 Å². The van der Waals surface area contributed by atoms with Crippen molar-refractivity contribution in [3.8, 4) is 0 Å². The van der Waals surface area contributed by atoms with Crippen LogP contribution in [0.15, 0.2) is 18.5 Å². The highest BCUT2D eigenvalue weighted by Gasteiger charge is 2.06. The second-order valence-corrected chi connectivity index (χ2v) is 4.28. The molecule has 70 valence electrons. The first kappa shape index (κ1) is 10.2. The molecule has 1 aromatic heterocycles. The lowest BCUT2D eigenvalue weighted by molar-refractivity contribution is 0.104. The third-order valence-corrected chi connectivity index (χ3v) is 2.34. The lowest BCUT2D eigenvalue weighted by atomic mass is 10.4. The highest BCUT2D eigenvalue weighted by atomic mass is 35.5. The fraction of sp³-hybridized carbons (Fsp3) is 0.250. The Morgan fingerprint density at radius 3 is 2.85 bits per heavy atom. The molecule has 1 rings (SSSR count). The Bertz CT molecular complexity index is 333. The molecule has 0 saturated heterocycles. The van der Waals surface area contributed by atoms with Gasteiger partial charge in [-0.2, -0.15) is 0 Å². The molecule has 0 amide bonds. The third-order valence-electron chi connectivity index (χ3n) is 1.21. The molecule has 0 N–H and O–H groups in total. The minimum atomic E-state index is -0.120. The van der Waals surface area contributed by atoms with Crippen LogP contribution in [0.3, 0.4) is 0 Å². The summed E-state index contributed by atoms with van der Waals surface area (Å²) in [7, 11) is 3.69. The number of ketones is 1. The Balaban J connectivity index is 2.69. The summed E-state index contributed by atoms with van der Waals surface area (Å²) >= 11 is 6.82. The highest BCUT2D eigenvalue weighted by Crippen LogP contribution is 2.18. The first-order valence-electron chi connectivity index (χ1n) is 3.60. The number of hydrogen-bond acceptors (Lipinski definition) is 4. The van der Waals surface area contributed by atoms with Gasteiger partial charge in [0.1, 0.15) is 4.34 Å². The molecule has 3 nitrogen and oxygen atoms in total. The number of allylic oxidation sites excluding steroid dienone is 1. The van der Waals surface area contributed by atoms with Crippen molar-refractivity contribution in [2.75, 3.05) is 14.1 Å². The fourth-order valence-electron chi connectivity index (χ4n) is 0.656. The van der Waals surface area contributed by atoms with Gasteiger partial charge in [-0.15, -0.1) is 0 Å². The van der Waals surface area contributed by atoms with Crippen LogP contribution in [0.4, 0.5) is 0 Å². The van der Waals surface area contributed by atoms with Crippen molar-refractivity contribution in [1.29, 1.82) is 0 Å². The van der Waals surface area contributed by atoms with Gasteiger partial charge in [-0.05, 0) is 0 Å². The van der Waals surface area contributed by atoms with Crippen LogP contribution in [0.1, 0.15) is 9.80 Å². The lowest BCUT2D eigenvalue weighted by Gasteiger charge is -2.01. The zero-order valence-electron chi connectivity index (χ0n) is 7.32. The number of aromatic nitrogens is 1. The summed E-state index contributed by atoms with van der Waals surface area (Å²) in [5.74, 6) is -0.120. The van der Waals surface area contributed by atoms with Crippen molar-refractivity contribution < 1.29 is 4.79 Å². The van der Waals surface area contributed by atoms with Crippen LogP contribution in [0.5, 0.6) is 0 Å². The van der Waals surface area contributed by atoms with E-state index in [1.54, 1.807) is 11.1 Å². The van der Waals surface area contributed by atoms with E-state index in [0.29, 0.717) is 9.34 Å². The normalized spacial score (nSPS) is 10.7.